The normalized spacial score (nSPS) is 13.4. The number of esters is 1. The van der Waals surface area contributed by atoms with E-state index < -0.39 is 17.6 Å². The summed E-state index contributed by atoms with van der Waals surface area (Å²) in [5, 5.41) is 3.79. The van der Waals surface area contributed by atoms with Gasteiger partial charge in [-0.05, 0) is 19.1 Å². The zero-order chi connectivity index (χ0) is 16.6. The van der Waals surface area contributed by atoms with Crippen LogP contribution in [0.5, 0.6) is 5.88 Å². The topological polar surface area (TPSA) is 53.3 Å². The highest BCUT2D eigenvalue weighted by Gasteiger charge is 2.30. The minimum Gasteiger partial charge on any atom is -0.477 e. The summed E-state index contributed by atoms with van der Waals surface area (Å²) in [4.78, 5) is 12.1. The molecule has 0 radical (unpaired) electrons. The van der Waals surface area contributed by atoms with Crippen LogP contribution in [0, 0.1) is 11.6 Å². The third-order valence-corrected chi connectivity index (χ3v) is 3.72. The fourth-order valence-corrected chi connectivity index (χ4v) is 2.58. The summed E-state index contributed by atoms with van der Waals surface area (Å²) in [5.41, 5.74) is -0.168. The van der Waals surface area contributed by atoms with Crippen molar-refractivity contribution in [1.82, 2.24) is 9.78 Å². The molecular weight excluding hydrogens is 330 g/mol. The Morgan fingerprint density at radius 2 is 2.22 bits per heavy atom. The first-order valence-electron chi connectivity index (χ1n) is 7.09. The second-order valence-corrected chi connectivity index (χ2v) is 5.30. The summed E-state index contributed by atoms with van der Waals surface area (Å²) >= 11 is 5.58. The van der Waals surface area contributed by atoms with Gasteiger partial charge in [0.2, 0.25) is 5.88 Å². The molecule has 0 saturated heterocycles. The number of ether oxygens (including phenoxy) is 2. The fourth-order valence-electron chi connectivity index (χ4n) is 2.43. The highest BCUT2D eigenvalue weighted by atomic mass is 35.5. The van der Waals surface area contributed by atoms with Crippen molar-refractivity contribution < 1.29 is 23.0 Å². The van der Waals surface area contributed by atoms with Crippen LogP contribution in [0.1, 0.15) is 23.8 Å². The first-order chi connectivity index (χ1) is 11.0. The number of benzene rings is 1. The van der Waals surface area contributed by atoms with E-state index in [9.17, 15) is 13.6 Å². The molecule has 0 spiro atoms. The summed E-state index contributed by atoms with van der Waals surface area (Å²) < 4.78 is 40.0. The lowest BCUT2D eigenvalue weighted by atomic mass is 10.0. The third-order valence-electron chi connectivity index (χ3n) is 3.43. The number of hydrogen-bond donors (Lipinski definition) is 0. The average molecular weight is 343 g/mol. The molecule has 0 amide bonds. The molecule has 1 aromatic heterocycles. The molecular formula is C15H13ClF2N2O3. The molecule has 8 heteroatoms. The van der Waals surface area contributed by atoms with Crippen LogP contribution in [-0.2, 0) is 11.3 Å². The van der Waals surface area contributed by atoms with Gasteiger partial charge in [-0.15, -0.1) is 0 Å². The van der Waals surface area contributed by atoms with Gasteiger partial charge < -0.3 is 9.47 Å². The van der Waals surface area contributed by atoms with E-state index >= 15 is 0 Å². The predicted octanol–water partition coefficient (Wildman–Crippen LogP) is 3.44. The van der Waals surface area contributed by atoms with Crippen molar-refractivity contribution in [2.75, 3.05) is 13.2 Å². The van der Waals surface area contributed by atoms with E-state index in [-0.39, 0.29) is 34.3 Å². The van der Waals surface area contributed by atoms with Crippen molar-refractivity contribution >= 4 is 17.6 Å². The van der Waals surface area contributed by atoms with Crippen LogP contribution >= 0.6 is 11.6 Å². The summed E-state index contributed by atoms with van der Waals surface area (Å²) in [7, 11) is 0. The zero-order valence-electron chi connectivity index (χ0n) is 12.2. The Morgan fingerprint density at radius 1 is 1.43 bits per heavy atom. The van der Waals surface area contributed by atoms with Gasteiger partial charge >= 0.3 is 5.97 Å². The first kappa shape index (κ1) is 15.7. The van der Waals surface area contributed by atoms with Crippen LogP contribution in [0.15, 0.2) is 12.1 Å². The Bertz CT molecular complexity index is 777. The molecule has 1 aliphatic rings. The van der Waals surface area contributed by atoms with Crippen molar-refractivity contribution in [3.05, 3.63) is 34.5 Å². The third kappa shape index (κ3) is 2.65. The number of halogens is 3. The van der Waals surface area contributed by atoms with Gasteiger partial charge in [0.1, 0.15) is 0 Å². The van der Waals surface area contributed by atoms with Crippen LogP contribution in [0.3, 0.4) is 0 Å². The maximum Gasteiger partial charge on any atom is 0.359 e. The van der Waals surface area contributed by atoms with Crippen LogP contribution in [-0.4, -0.2) is 29.0 Å². The molecule has 0 saturated carbocycles. The second-order valence-electron chi connectivity index (χ2n) is 4.90. The van der Waals surface area contributed by atoms with Crippen molar-refractivity contribution in [2.45, 2.75) is 19.9 Å². The maximum atomic E-state index is 14.3. The molecule has 0 fully saturated rings. The highest BCUT2D eigenvalue weighted by Crippen LogP contribution is 2.39. The predicted molar refractivity (Wildman–Crippen MR) is 78.7 cm³/mol. The second kappa shape index (κ2) is 6.16. The minimum atomic E-state index is -1.19. The molecule has 0 atom stereocenters. The van der Waals surface area contributed by atoms with Crippen LogP contribution in [0.2, 0.25) is 5.02 Å². The van der Waals surface area contributed by atoms with Crippen molar-refractivity contribution in [3.8, 4) is 17.0 Å². The highest BCUT2D eigenvalue weighted by molar-refractivity contribution is 6.30. The number of aromatic nitrogens is 2. The Labute approximate surface area is 135 Å². The zero-order valence-corrected chi connectivity index (χ0v) is 13.0. The lowest BCUT2D eigenvalue weighted by molar-refractivity contribution is 0.0519. The monoisotopic (exact) mass is 342 g/mol. The molecule has 0 N–H and O–H groups in total. The van der Waals surface area contributed by atoms with Crippen molar-refractivity contribution in [1.29, 1.82) is 0 Å². The fraction of sp³-hybridized carbons (Fsp3) is 0.333. The minimum absolute atomic E-state index is 0.0798. The largest absolute Gasteiger partial charge is 0.477 e. The number of nitrogens with zero attached hydrogens (tertiary/aromatic N) is 2. The molecule has 0 aliphatic carbocycles. The van der Waals surface area contributed by atoms with Gasteiger partial charge in [-0.1, -0.05) is 11.6 Å². The lowest BCUT2D eigenvalue weighted by Gasteiger charge is -2.16. The number of carbonyl (C=O) groups is 1. The van der Waals surface area contributed by atoms with Gasteiger partial charge in [-0.25, -0.2) is 18.3 Å². The van der Waals surface area contributed by atoms with Gasteiger partial charge in [-0.2, -0.15) is 5.10 Å². The number of fused-ring (bicyclic) bond motifs is 1. The summed E-state index contributed by atoms with van der Waals surface area (Å²) in [6, 6.07) is 2.51. The molecule has 1 aliphatic heterocycles. The molecule has 0 bridgehead atoms. The summed E-state index contributed by atoms with van der Waals surface area (Å²) in [5.74, 6) is -2.84. The van der Waals surface area contributed by atoms with Crippen LogP contribution in [0.25, 0.3) is 11.1 Å². The summed E-state index contributed by atoms with van der Waals surface area (Å²) in [6.45, 7) is 2.70. The molecule has 23 heavy (non-hydrogen) atoms. The molecule has 1 aromatic carbocycles. The first-order valence-corrected chi connectivity index (χ1v) is 7.47. The van der Waals surface area contributed by atoms with Gasteiger partial charge in [0.15, 0.2) is 17.3 Å². The molecule has 5 nitrogen and oxygen atoms in total. The Balaban J connectivity index is 2.23. The Hall–Kier alpha value is -2.15. The van der Waals surface area contributed by atoms with E-state index in [2.05, 4.69) is 5.10 Å². The average Bonchev–Trinajstić information content (AvgIpc) is 2.93. The van der Waals surface area contributed by atoms with Crippen molar-refractivity contribution in [3.63, 3.8) is 0 Å². The van der Waals surface area contributed by atoms with E-state index in [1.54, 1.807) is 6.92 Å². The Kier molecular flexibility index (Phi) is 4.21. The number of aryl methyl sites for hydroxylation is 1. The SMILES string of the molecule is CCOC(=O)c1nn2c(c1-c1ccc(Cl)c(F)c1F)OCCC2. The molecule has 0 unspecified atom stereocenters. The van der Waals surface area contributed by atoms with Crippen LogP contribution in [0.4, 0.5) is 8.78 Å². The van der Waals surface area contributed by atoms with Crippen LogP contribution < -0.4 is 4.74 Å². The van der Waals surface area contributed by atoms with Crippen molar-refractivity contribution in [2.24, 2.45) is 0 Å². The van der Waals surface area contributed by atoms with Gasteiger partial charge in [0.05, 0.1) is 23.8 Å². The number of rotatable bonds is 3. The smallest absolute Gasteiger partial charge is 0.359 e. The van der Waals surface area contributed by atoms with E-state index in [1.807, 2.05) is 0 Å². The van der Waals surface area contributed by atoms with Gasteiger partial charge in [0.25, 0.3) is 0 Å². The quantitative estimate of drug-likeness (QED) is 0.633. The van der Waals surface area contributed by atoms with E-state index in [1.165, 1.54) is 16.8 Å². The Morgan fingerprint density at radius 3 is 2.96 bits per heavy atom. The molecule has 2 heterocycles. The number of carbonyl (C=O) groups excluding carboxylic acids is 1. The van der Waals surface area contributed by atoms with E-state index in [0.717, 1.165) is 0 Å². The standard InChI is InChI=1S/C15H13ClF2N2O3/c1-2-22-15(21)13-10(14-20(19-13)6-3-7-23-14)8-4-5-9(16)12(18)11(8)17/h4-5H,2-3,6-7H2,1H3. The lowest BCUT2D eigenvalue weighted by Crippen LogP contribution is -2.15. The number of hydrogen-bond acceptors (Lipinski definition) is 4. The van der Waals surface area contributed by atoms with Gasteiger partial charge in [-0.3, -0.25) is 0 Å². The molecule has 122 valence electrons. The van der Waals surface area contributed by atoms with Gasteiger partial charge in [0, 0.05) is 18.5 Å². The summed E-state index contributed by atoms with van der Waals surface area (Å²) in [6.07, 6.45) is 0.702. The van der Waals surface area contributed by atoms with E-state index in [0.29, 0.717) is 19.6 Å². The molecule has 2 aromatic rings. The maximum absolute atomic E-state index is 14.3. The van der Waals surface area contributed by atoms with E-state index in [4.69, 9.17) is 21.1 Å². The molecule has 3 rings (SSSR count).